The molecule has 0 aromatic rings. The first-order valence-electron chi connectivity index (χ1n) is 11.3. The molecule has 0 radical (unpaired) electrons. The molecule has 0 aromatic carbocycles. The smallest absolute Gasteiger partial charge is 0.268 e. The molecule has 0 aliphatic rings. The van der Waals surface area contributed by atoms with Gasteiger partial charge in [-0.3, -0.25) is 4.57 Å². The van der Waals surface area contributed by atoms with Crippen molar-refractivity contribution in [1.29, 1.82) is 0 Å². The minimum Gasteiger partial charge on any atom is -0.756 e. The molecule has 0 spiro atoms. The summed E-state index contributed by atoms with van der Waals surface area (Å²) in [6.07, 6.45) is 19.4. The molecule has 0 rings (SSSR count). The lowest BCUT2D eigenvalue weighted by molar-refractivity contribution is -0.870. The first-order chi connectivity index (χ1) is 13.3. The van der Waals surface area contributed by atoms with Crippen LogP contribution in [0.1, 0.15) is 89.9 Å². The summed E-state index contributed by atoms with van der Waals surface area (Å²) in [5.41, 5.74) is 0. The Morgan fingerprint density at radius 1 is 0.750 bits per heavy atom. The fourth-order valence-corrected chi connectivity index (χ4v) is 3.71. The third-order valence-corrected chi connectivity index (χ3v) is 5.81. The predicted octanol–water partition coefficient (Wildman–Crippen LogP) is 5.84. The highest BCUT2D eigenvalue weighted by molar-refractivity contribution is 7.45. The van der Waals surface area contributed by atoms with Crippen molar-refractivity contribution in [1.82, 2.24) is 0 Å². The van der Waals surface area contributed by atoms with Gasteiger partial charge in [-0.05, 0) is 19.3 Å². The van der Waals surface area contributed by atoms with Crippen molar-refractivity contribution in [3.8, 4) is 0 Å². The lowest BCUT2D eigenvalue weighted by Crippen LogP contribution is -2.37. The van der Waals surface area contributed by atoms with Crippen molar-refractivity contribution in [3.63, 3.8) is 0 Å². The summed E-state index contributed by atoms with van der Waals surface area (Å²) in [6, 6.07) is 0. The Bertz CT molecular complexity index is 410. The van der Waals surface area contributed by atoms with Crippen molar-refractivity contribution in [2.75, 3.05) is 40.9 Å². The minimum atomic E-state index is -4.13. The lowest BCUT2D eigenvalue weighted by Gasteiger charge is -2.27. The van der Waals surface area contributed by atoms with Crippen LogP contribution in [0.15, 0.2) is 12.7 Å². The van der Waals surface area contributed by atoms with E-state index in [1.807, 2.05) is 27.2 Å². The van der Waals surface area contributed by atoms with E-state index in [0.717, 1.165) is 25.7 Å². The zero-order chi connectivity index (χ0) is 21.1. The van der Waals surface area contributed by atoms with Crippen LogP contribution in [-0.4, -0.2) is 45.4 Å². The van der Waals surface area contributed by atoms with Gasteiger partial charge < -0.3 is 18.4 Å². The zero-order valence-corrected chi connectivity index (χ0v) is 19.7. The summed E-state index contributed by atoms with van der Waals surface area (Å²) < 4.78 is 22.1. The number of likely N-dealkylation sites (N-methyl/N-ethyl adjacent to an activating group) is 1. The zero-order valence-electron chi connectivity index (χ0n) is 18.8. The molecule has 0 fully saturated rings. The number of hydrogen-bond acceptors (Lipinski definition) is 4. The second-order valence-electron chi connectivity index (χ2n) is 8.80. The van der Waals surface area contributed by atoms with Gasteiger partial charge in [-0.15, -0.1) is 6.58 Å². The normalized spacial score (nSPS) is 14.1. The Morgan fingerprint density at radius 2 is 1.14 bits per heavy atom. The largest absolute Gasteiger partial charge is 0.756 e. The molecule has 0 aliphatic carbocycles. The number of phosphoric acid groups is 1. The molecule has 5 nitrogen and oxygen atoms in total. The van der Waals surface area contributed by atoms with Crippen LogP contribution in [0.25, 0.3) is 0 Å². The third-order valence-electron chi connectivity index (χ3n) is 4.81. The summed E-state index contributed by atoms with van der Waals surface area (Å²) in [5, 5.41) is 0. The van der Waals surface area contributed by atoms with E-state index in [2.05, 4.69) is 6.58 Å². The van der Waals surface area contributed by atoms with E-state index < -0.39 is 7.82 Å². The highest BCUT2D eigenvalue weighted by Gasteiger charge is 2.12. The number of unbranched alkanes of at least 4 members (excludes halogenated alkanes) is 13. The van der Waals surface area contributed by atoms with E-state index in [-0.39, 0.29) is 13.2 Å². The number of nitrogens with zero attached hydrogens (tertiary/aromatic N) is 1. The van der Waals surface area contributed by atoms with Crippen molar-refractivity contribution in [2.45, 2.75) is 89.9 Å². The van der Waals surface area contributed by atoms with Gasteiger partial charge in [0, 0.05) is 0 Å². The maximum Gasteiger partial charge on any atom is 0.268 e. The lowest BCUT2D eigenvalue weighted by atomic mass is 10.0. The van der Waals surface area contributed by atoms with Crippen molar-refractivity contribution >= 4 is 7.82 Å². The van der Waals surface area contributed by atoms with Gasteiger partial charge in [-0.25, -0.2) is 0 Å². The summed E-state index contributed by atoms with van der Waals surface area (Å²) in [5.74, 6) is 0. The van der Waals surface area contributed by atoms with Gasteiger partial charge in [0.25, 0.3) is 7.82 Å². The number of quaternary nitrogens is 1. The molecule has 6 heteroatoms. The standard InChI is InChI=1S/C22H46NO4P/c1-5-6-7-8-9-10-11-12-13-14-15-16-17-18-19-21-26-28(24,25)27-22-20-23(2,3)4/h5H,1,6-22H2,2-4H3. The highest BCUT2D eigenvalue weighted by atomic mass is 31.2. The van der Waals surface area contributed by atoms with Gasteiger partial charge in [0.1, 0.15) is 13.2 Å². The molecule has 0 saturated heterocycles. The van der Waals surface area contributed by atoms with Crippen LogP contribution in [0.5, 0.6) is 0 Å². The van der Waals surface area contributed by atoms with E-state index in [0.29, 0.717) is 11.0 Å². The predicted molar refractivity (Wildman–Crippen MR) is 117 cm³/mol. The Balaban J connectivity index is 3.30. The fraction of sp³-hybridized carbons (Fsp3) is 0.909. The summed E-state index contributed by atoms with van der Waals surface area (Å²) in [7, 11) is 1.85. The van der Waals surface area contributed by atoms with E-state index in [4.69, 9.17) is 9.05 Å². The monoisotopic (exact) mass is 419 g/mol. The van der Waals surface area contributed by atoms with E-state index in [1.165, 1.54) is 64.2 Å². The van der Waals surface area contributed by atoms with Crippen LogP contribution < -0.4 is 4.89 Å². The molecule has 0 bridgehead atoms. The molecule has 0 amide bonds. The van der Waals surface area contributed by atoms with Gasteiger partial charge >= 0.3 is 0 Å². The molecule has 1 unspecified atom stereocenters. The van der Waals surface area contributed by atoms with Gasteiger partial charge in [0.2, 0.25) is 0 Å². The molecule has 0 saturated carbocycles. The number of rotatable bonds is 21. The Labute approximate surface area is 174 Å². The molecular weight excluding hydrogens is 373 g/mol. The number of allylic oxidation sites excluding steroid dienone is 1. The van der Waals surface area contributed by atoms with E-state index in [9.17, 15) is 9.46 Å². The second kappa shape index (κ2) is 17.7. The summed E-state index contributed by atoms with van der Waals surface area (Å²) in [6.45, 7) is 4.79. The topological polar surface area (TPSA) is 58.6 Å². The van der Waals surface area contributed by atoms with Gasteiger partial charge in [-0.2, -0.15) is 0 Å². The molecule has 168 valence electrons. The molecule has 0 aliphatic heterocycles. The van der Waals surface area contributed by atoms with Crippen LogP contribution in [0.2, 0.25) is 0 Å². The van der Waals surface area contributed by atoms with Crippen LogP contribution >= 0.6 is 7.82 Å². The Kier molecular flexibility index (Phi) is 17.5. The molecular formula is C22H46NO4P. The quantitative estimate of drug-likeness (QED) is 0.101. The third kappa shape index (κ3) is 22.1. The fourth-order valence-electron chi connectivity index (χ4n) is 2.98. The number of hydrogen-bond donors (Lipinski definition) is 0. The summed E-state index contributed by atoms with van der Waals surface area (Å²) in [4.78, 5) is 11.6. The maximum absolute atomic E-state index is 11.6. The molecule has 0 heterocycles. The van der Waals surface area contributed by atoms with E-state index >= 15 is 0 Å². The first-order valence-corrected chi connectivity index (χ1v) is 12.7. The maximum atomic E-state index is 11.6. The molecule has 28 heavy (non-hydrogen) atoms. The molecule has 0 N–H and O–H groups in total. The molecule has 0 aromatic heterocycles. The van der Waals surface area contributed by atoms with Crippen LogP contribution in [0.3, 0.4) is 0 Å². The van der Waals surface area contributed by atoms with Crippen LogP contribution in [0, 0.1) is 0 Å². The van der Waals surface area contributed by atoms with Gasteiger partial charge in [0.05, 0.1) is 27.7 Å². The second-order valence-corrected chi connectivity index (χ2v) is 10.2. The van der Waals surface area contributed by atoms with Gasteiger partial charge in [-0.1, -0.05) is 76.7 Å². The average Bonchev–Trinajstić information content (AvgIpc) is 2.60. The number of phosphoric ester groups is 1. The first kappa shape index (κ1) is 27.8. The SMILES string of the molecule is C=CCCCCCCCCCCCCCCCOP(=O)([O-])OCC[N+](C)(C)C. The molecule has 1 atom stereocenters. The van der Waals surface area contributed by atoms with Crippen LogP contribution in [-0.2, 0) is 13.6 Å². The Morgan fingerprint density at radius 3 is 1.57 bits per heavy atom. The summed E-state index contributed by atoms with van der Waals surface area (Å²) >= 11 is 0. The highest BCUT2D eigenvalue weighted by Crippen LogP contribution is 2.38. The van der Waals surface area contributed by atoms with Crippen LogP contribution in [0.4, 0.5) is 0 Å². The average molecular weight is 420 g/mol. The minimum absolute atomic E-state index is 0.166. The Hall–Kier alpha value is -0.190. The van der Waals surface area contributed by atoms with E-state index in [1.54, 1.807) is 0 Å². The van der Waals surface area contributed by atoms with Crippen molar-refractivity contribution in [3.05, 3.63) is 12.7 Å². The van der Waals surface area contributed by atoms with Gasteiger partial charge in [0.15, 0.2) is 0 Å². The van der Waals surface area contributed by atoms with Crippen molar-refractivity contribution in [2.24, 2.45) is 0 Å². The van der Waals surface area contributed by atoms with Crippen molar-refractivity contribution < 1.29 is 23.0 Å².